The Morgan fingerprint density at radius 1 is 1.21 bits per heavy atom. The molecule has 1 heterocycles. The van der Waals surface area contributed by atoms with Crippen LogP contribution in [0.1, 0.15) is 77.3 Å². The molecular weight excluding hydrogens is 414 g/mol. The van der Waals surface area contributed by atoms with E-state index in [9.17, 15) is 9.90 Å². The molecular formula is C27H39N3O3. The number of nitrogens with zero attached hydrogens (tertiary/aromatic N) is 3. The van der Waals surface area contributed by atoms with Gasteiger partial charge in [0.2, 0.25) is 0 Å². The smallest absolute Gasteiger partial charge is 0.162 e. The lowest BCUT2D eigenvalue weighted by Crippen LogP contribution is -2.58. The van der Waals surface area contributed by atoms with E-state index in [0.717, 1.165) is 45.1 Å². The van der Waals surface area contributed by atoms with Gasteiger partial charge in [0.05, 0.1) is 18.8 Å². The number of rotatable bonds is 5. The highest BCUT2D eigenvalue weighted by atomic mass is 16.5. The van der Waals surface area contributed by atoms with Crippen molar-refractivity contribution in [2.75, 3.05) is 13.7 Å². The van der Waals surface area contributed by atoms with Gasteiger partial charge in [0, 0.05) is 19.2 Å². The van der Waals surface area contributed by atoms with Crippen LogP contribution in [0.2, 0.25) is 0 Å². The summed E-state index contributed by atoms with van der Waals surface area (Å²) in [4.78, 5) is 13.4. The molecule has 4 aliphatic carbocycles. The van der Waals surface area contributed by atoms with E-state index < -0.39 is 5.60 Å². The van der Waals surface area contributed by atoms with Gasteiger partial charge in [-0.2, -0.15) is 10.4 Å². The Morgan fingerprint density at radius 2 is 2.03 bits per heavy atom. The minimum absolute atomic E-state index is 0.0602. The zero-order valence-electron chi connectivity index (χ0n) is 20.4. The van der Waals surface area contributed by atoms with E-state index in [1.54, 1.807) is 16.9 Å². The van der Waals surface area contributed by atoms with Crippen LogP contribution >= 0.6 is 0 Å². The monoisotopic (exact) mass is 453 g/mol. The molecule has 1 unspecified atom stereocenters. The number of hydrogen-bond acceptors (Lipinski definition) is 5. The molecule has 1 N–H and O–H groups in total. The summed E-state index contributed by atoms with van der Waals surface area (Å²) in [7, 11) is 1.84. The summed E-state index contributed by atoms with van der Waals surface area (Å²) < 4.78 is 7.50. The second-order valence-electron chi connectivity index (χ2n) is 12.2. The maximum atomic E-state index is 13.4. The van der Waals surface area contributed by atoms with Crippen LogP contribution in [0.3, 0.4) is 0 Å². The maximum Gasteiger partial charge on any atom is 0.162 e. The van der Waals surface area contributed by atoms with Gasteiger partial charge in [-0.15, -0.1) is 0 Å². The summed E-state index contributed by atoms with van der Waals surface area (Å²) in [6, 6.07) is 3.72. The standard InChI is InChI=1S/C27H39N3O3/c1-25(32)11-12-27(17-33-3)18(14-25)4-5-20-21-6-7-23(26(21,2)10-8-22(20)27)24(31)16-30-13-9-19(15-28)29-30/h9,13,18,20-23,32H,4-8,10-12,14,16-17H2,1-3H3/t18-,20+,21+,22+,23-,25-,26?,27-/m1/s1. The molecule has 0 bridgehead atoms. The van der Waals surface area contributed by atoms with Crippen LogP contribution in [-0.2, 0) is 16.1 Å². The Balaban J connectivity index is 1.36. The Bertz CT molecular complexity index is 949. The third kappa shape index (κ3) is 3.67. The van der Waals surface area contributed by atoms with Gasteiger partial charge in [-0.25, -0.2) is 0 Å². The van der Waals surface area contributed by atoms with Gasteiger partial charge in [-0.05, 0) is 105 Å². The van der Waals surface area contributed by atoms with E-state index in [2.05, 4.69) is 12.0 Å². The van der Waals surface area contributed by atoms with Crippen LogP contribution in [0.5, 0.6) is 0 Å². The second-order valence-corrected chi connectivity index (χ2v) is 12.2. The van der Waals surface area contributed by atoms with Gasteiger partial charge in [0.1, 0.15) is 6.07 Å². The lowest BCUT2D eigenvalue weighted by atomic mass is 9.43. The molecule has 33 heavy (non-hydrogen) atoms. The molecule has 4 fully saturated rings. The van der Waals surface area contributed by atoms with Crippen molar-refractivity contribution < 1.29 is 14.6 Å². The first-order valence-electron chi connectivity index (χ1n) is 12.9. The summed E-state index contributed by atoms with van der Waals surface area (Å²) in [5.41, 5.74) is 0.0721. The quantitative estimate of drug-likeness (QED) is 0.716. The van der Waals surface area contributed by atoms with Crippen molar-refractivity contribution in [2.24, 2.45) is 40.4 Å². The fraction of sp³-hybridized carbons (Fsp3) is 0.815. The molecule has 1 aromatic rings. The Kier molecular flexibility index (Phi) is 5.73. The van der Waals surface area contributed by atoms with Crippen molar-refractivity contribution in [3.05, 3.63) is 18.0 Å². The van der Waals surface area contributed by atoms with Gasteiger partial charge in [0.25, 0.3) is 0 Å². The van der Waals surface area contributed by atoms with Gasteiger partial charge in [-0.1, -0.05) is 6.92 Å². The number of ketones is 1. The fourth-order valence-electron chi connectivity index (χ4n) is 9.09. The van der Waals surface area contributed by atoms with E-state index >= 15 is 0 Å². The van der Waals surface area contributed by atoms with Gasteiger partial charge >= 0.3 is 0 Å². The molecule has 0 saturated heterocycles. The van der Waals surface area contributed by atoms with Crippen LogP contribution in [0.25, 0.3) is 0 Å². The average molecular weight is 454 g/mol. The maximum absolute atomic E-state index is 13.4. The molecule has 4 aliphatic rings. The van der Waals surface area contributed by atoms with E-state index in [1.807, 2.05) is 20.1 Å². The number of nitriles is 1. The Hall–Kier alpha value is -1.71. The SMILES string of the molecule is COC[C@]12CC[C@@](C)(O)C[C@H]1CC[C@H]1[C@@H]3CC[C@H](C(=O)Cn4ccc(C#N)n4)C3(C)CC[C@@H]12. The van der Waals surface area contributed by atoms with Crippen molar-refractivity contribution in [3.63, 3.8) is 0 Å². The van der Waals surface area contributed by atoms with Crippen molar-refractivity contribution in [1.82, 2.24) is 9.78 Å². The highest BCUT2D eigenvalue weighted by molar-refractivity contribution is 5.82. The first-order valence-corrected chi connectivity index (χ1v) is 12.9. The predicted octanol–water partition coefficient (Wildman–Crippen LogP) is 4.36. The summed E-state index contributed by atoms with van der Waals surface area (Å²) in [5.74, 6) is 2.80. The van der Waals surface area contributed by atoms with Crippen LogP contribution in [0.15, 0.2) is 12.3 Å². The summed E-state index contributed by atoms with van der Waals surface area (Å²) >= 11 is 0. The molecule has 5 rings (SSSR count). The number of fused-ring (bicyclic) bond motifs is 5. The summed E-state index contributed by atoms with van der Waals surface area (Å²) in [6.07, 6.45) is 11.4. The molecule has 8 atom stereocenters. The summed E-state index contributed by atoms with van der Waals surface area (Å²) in [6.45, 7) is 5.48. The number of methoxy groups -OCH3 is 1. The third-order valence-corrected chi connectivity index (χ3v) is 10.5. The molecule has 180 valence electrons. The minimum Gasteiger partial charge on any atom is -0.390 e. The molecule has 0 amide bonds. The number of ether oxygens (including phenoxy) is 1. The molecule has 0 aliphatic heterocycles. The van der Waals surface area contributed by atoms with Gasteiger partial charge < -0.3 is 9.84 Å². The lowest BCUT2D eigenvalue weighted by molar-refractivity contribution is -0.175. The Labute approximate surface area is 197 Å². The van der Waals surface area contributed by atoms with Crippen LogP contribution in [-0.4, -0.2) is 40.0 Å². The van der Waals surface area contributed by atoms with Crippen LogP contribution in [0, 0.1) is 51.8 Å². The molecule has 1 aromatic heterocycles. The van der Waals surface area contributed by atoms with Crippen LogP contribution < -0.4 is 0 Å². The molecule has 0 aromatic carbocycles. The van der Waals surface area contributed by atoms with E-state index in [-0.39, 0.29) is 29.1 Å². The number of aromatic nitrogens is 2. The van der Waals surface area contributed by atoms with Crippen molar-refractivity contribution in [2.45, 2.75) is 83.8 Å². The molecule has 6 heteroatoms. The van der Waals surface area contributed by atoms with Crippen LogP contribution in [0.4, 0.5) is 0 Å². The molecule has 0 spiro atoms. The van der Waals surface area contributed by atoms with E-state index in [0.29, 0.717) is 29.4 Å². The first kappa shape index (κ1) is 23.1. The molecule has 6 nitrogen and oxygen atoms in total. The number of carbonyl (C=O) groups is 1. The van der Waals surface area contributed by atoms with Crippen molar-refractivity contribution in [3.8, 4) is 6.07 Å². The van der Waals surface area contributed by atoms with Gasteiger partial charge in [0.15, 0.2) is 11.5 Å². The largest absolute Gasteiger partial charge is 0.390 e. The number of Topliss-reactive ketones (excluding diaryl/α,β-unsaturated/α-hetero) is 1. The molecule has 0 radical (unpaired) electrons. The van der Waals surface area contributed by atoms with Crippen molar-refractivity contribution in [1.29, 1.82) is 5.26 Å². The highest BCUT2D eigenvalue weighted by Gasteiger charge is 2.63. The van der Waals surface area contributed by atoms with E-state index in [4.69, 9.17) is 10.00 Å². The topological polar surface area (TPSA) is 88.1 Å². The first-order chi connectivity index (χ1) is 15.7. The minimum atomic E-state index is -0.541. The number of carbonyl (C=O) groups excluding carboxylic acids is 1. The lowest BCUT2D eigenvalue weighted by Gasteiger charge is -2.62. The molecule has 4 saturated carbocycles. The average Bonchev–Trinajstić information content (AvgIpc) is 3.37. The second kappa shape index (κ2) is 8.20. The number of hydrogen-bond donors (Lipinski definition) is 1. The van der Waals surface area contributed by atoms with Gasteiger partial charge in [-0.3, -0.25) is 9.48 Å². The Morgan fingerprint density at radius 3 is 2.76 bits per heavy atom. The fourth-order valence-corrected chi connectivity index (χ4v) is 9.09. The normalized spacial score (nSPS) is 44.4. The predicted molar refractivity (Wildman–Crippen MR) is 124 cm³/mol. The zero-order chi connectivity index (χ0) is 23.4. The van der Waals surface area contributed by atoms with Crippen molar-refractivity contribution >= 4 is 5.78 Å². The van der Waals surface area contributed by atoms with E-state index in [1.165, 1.54) is 19.3 Å². The third-order valence-electron chi connectivity index (χ3n) is 10.5. The highest BCUT2D eigenvalue weighted by Crippen LogP contribution is 2.68. The number of aliphatic hydroxyl groups is 1. The zero-order valence-corrected chi connectivity index (χ0v) is 20.4. The summed E-state index contributed by atoms with van der Waals surface area (Å²) in [5, 5.41) is 24.1.